The monoisotopic (exact) mass is 262 g/mol. The molecule has 3 nitrogen and oxygen atoms in total. The van der Waals surface area contributed by atoms with Gasteiger partial charge >= 0.3 is 0 Å². The number of nitrogens with zero attached hydrogens (tertiary/aromatic N) is 1. The number of hydrogen-bond donors (Lipinski definition) is 1. The van der Waals surface area contributed by atoms with Gasteiger partial charge in [0.2, 0.25) is 0 Å². The maximum Gasteiger partial charge on any atom is 0.118 e. The molecule has 1 N–H and O–H groups in total. The zero-order valence-corrected chi connectivity index (χ0v) is 12.4. The second kappa shape index (κ2) is 6.92. The third kappa shape index (κ3) is 3.71. The lowest BCUT2D eigenvalue weighted by molar-refractivity contribution is 0.218. The van der Waals surface area contributed by atoms with Crippen LogP contribution in [0.25, 0.3) is 0 Å². The Morgan fingerprint density at radius 3 is 2.63 bits per heavy atom. The SMILES string of the molecule is CCC(c1ccc(OC)cc1)N(C)CC1CCCN1. The van der Waals surface area contributed by atoms with Crippen LogP contribution in [0.2, 0.25) is 0 Å². The van der Waals surface area contributed by atoms with E-state index >= 15 is 0 Å². The molecule has 0 radical (unpaired) electrons. The molecule has 3 heteroatoms. The van der Waals surface area contributed by atoms with Crippen molar-refractivity contribution in [1.29, 1.82) is 0 Å². The molecule has 2 rings (SSSR count). The van der Waals surface area contributed by atoms with Crippen molar-refractivity contribution in [3.05, 3.63) is 29.8 Å². The Bertz CT molecular complexity index is 371. The van der Waals surface area contributed by atoms with Gasteiger partial charge in [0.15, 0.2) is 0 Å². The molecular weight excluding hydrogens is 236 g/mol. The Balaban J connectivity index is 2.00. The zero-order chi connectivity index (χ0) is 13.7. The highest BCUT2D eigenvalue weighted by atomic mass is 16.5. The van der Waals surface area contributed by atoms with E-state index in [1.807, 2.05) is 0 Å². The molecular formula is C16H26N2O. The van der Waals surface area contributed by atoms with Crippen LogP contribution in [0.5, 0.6) is 5.75 Å². The Hall–Kier alpha value is -1.06. The molecule has 1 aliphatic heterocycles. The van der Waals surface area contributed by atoms with Crippen LogP contribution in [-0.2, 0) is 0 Å². The first kappa shape index (κ1) is 14.4. The van der Waals surface area contributed by atoms with Crippen LogP contribution in [0.1, 0.15) is 37.8 Å². The van der Waals surface area contributed by atoms with Crippen LogP contribution in [0.4, 0.5) is 0 Å². The van der Waals surface area contributed by atoms with Gasteiger partial charge in [0.25, 0.3) is 0 Å². The highest BCUT2D eigenvalue weighted by Gasteiger charge is 2.21. The Morgan fingerprint density at radius 1 is 1.37 bits per heavy atom. The molecule has 2 unspecified atom stereocenters. The van der Waals surface area contributed by atoms with Crippen LogP contribution in [0, 0.1) is 0 Å². The van der Waals surface area contributed by atoms with Gasteiger partial charge in [0.05, 0.1) is 7.11 Å². The molecule has 0 aliphatic carbocycles. The minimum atomic E-state index is 0.494. The van der Waals surface area contributed by atoms with E-state index in [1.54, 1.807) is 7.11 Å². The number of nitrogens with one attached hydrogen (secondary N) is 1. The van der Waals surface area contributed by atoms with Gasteiger partial charge in [-0.15, -0.1) is 0 Å². The summed E-state index contributed by atoms with van der Waals surface area (Å²) < 4.78 is 5.23. The molecule has 1 saturated heterocycles. The van der Waals surface area contributed by atoms with Crippen molar-refractivity contribution >= 4 is 0 Å². The Kier molecular flexibility index (Phi) is 5.23. The van der Waals surface area contributed by atoms with Crippen LogP contribution in [0.15, 0.2) is 24.3 Å². The summed E-state index contributed by atoms with van der Waals surface area (Å²) >= 11 is 0. The smallest absolute Gasteiger partial charge is 0.118 e. The first-order valence-electron chi connectivity index (χ1n) is 7.32. The van der Waals surface area contributed by atoms with E-state index in [0.29, 0.717) is 12.1 Å². The summed E-state index contributed by atoms with van der Waals surface area (Å²) in [5.41, 5.74) is 1.38. The third-order valence-electron chi connectivity index (χ3n) is 4.09. The first-order valence-corrected chi connectivity index (χ1v) is 7.32. The molecule has 0 spiro atoms. The van der Waals surface area contributed by atoms with Gasteiger partial charge in [0.1, 0.15) is 5.75 Å². The van der Waals surface area contributed by atoms with E-state index in [0.717, 1.165) is 18.7 Å². The first-order chi connectivity index (χ1) is 9.24. The summed E-state index contributed by atoms with van der Waals surface area (Å²) in [5, 5.41) is 3.57. The molecule has 1 fully saturated rings. The lowest BCUT2D eigenvalue weighted by Crippen LogP contribution is -2.37. The Labute approximate surface area is 116 Å². The van der Waals surface area contributed by atoms with E-state index in [9.17, 15) is 0 Å². The molecule has 2 atom stereocenters. The van der Waals surface area contributed by atoms with E-state index in [4.69, 9.17) is 4.74 Å². The van der Waals surface area contributed by atoms with E-state index in [1.165, 1.54) is 24.9 Å². The maximum absolute atomic E-state index is 5.23. The number of methoxy groups -OCH3 is 1. The van der Waals surface area contributed by atoms with Crippen molar-refractivity contribution < 1.29 is 4.74 Å². The highest BCUT2D eigenvalue weighted by Crippen LogP contribution is 2.25. The average Bonchev–Trinajstić information content (AvgIpc) is 2.93. The van der Waals surface area contributed by atoms with E-state index in [-0.39, 0.29) is 0 Å². The second-order valence-corrected chi connectivity index (χ2v) is 5.43. The fraction of sp³-hybridized carbons (Fsp3) is 0.625. The molecule has 1 heterocycles. The number of hydrogen-bond acceptors (Lipinski definition) is 3. The molecule has 0 aromatic heterocycles. The number of ether oxygens (including phenoxy) is 1. The van der Waals surface area contributed by atoms with Crippen molar-refractivity contribution in [2.75, 3.05) is 27.2 Å². The molecule has 0 bridgehead atoms. The van der Waals surface area contributed by atoms with Crippen molar-refractivity contribution in [2.24, 2.45) is 0 Å². The van der Waals surface area contributed by atoms with Crippen molar-refractivity contribution in [2.45, 2.75) is 38.3 Å². The topological polar surface area (TPSA) is 24.5 Å². The minimum absolute atomic E-state index is 0.494. The Morgan fingerprint density at radius 2 is 2.11 bits per heavy atom. The van der Waals surface area contributed by atoms with Gasteiger partial charge < -0.3 is 10.1 Å². The van der Waals surface area contributed by atoms with Gasteiger partial charge in [-0.1, -0.05) is 19.1 Å². The van der Waals surface area contributed by atoms with Crippen LogP contribution >= 0.6 is 0 Å². The standard InChI is InChI=1S/C16H26N2O/c1-4-16(13-7-9-15(19-3)10-8-13)18(2)12-14-6-5-11-17-14/h7-10,14,16-17H,4-6,11-12H2,1-3H3. The van der Waals surface area contributed by atoms with Crippen LogP contribution < -0.4 is 10.1 Å². The second-order valence-electron chi connectivity index (χ2n) is 5.43. The molecule has 106 valence electrons. The predicted octanol–water partition coefficient (Wildman–Crippen LogP) is 2.83. The maximum atomic E-state index is 5.23. The molecule has 1 aliphatic rings. The summed E-state index contributed by atoms with van der Waals surface area (Å²) in [6.45, 7) is 4.57. The van der Waals surface area contributed by atoms with Gasteiger partial charge in [-0.05, 0) is 50.6 Å². The number of benzene rings is 1. The minimum Gasteiger partial charge on any atom is -0.497 e. The summed E-state index contributed by atoms with van der Waals surface area (Å²) in [6, 6.07) is 9.64. The van der Waals surface area contributed by atoms with E-state index in [2.05, 4.69) is 48.5 Å². The predicted molar refractivity (Wildman–Crippen MR) is 79.7 cm³/mol. The van der Waals surface area contributed by atoms with Gasteiger partial charge in [-0.25, -0.2) is 0 Å². The molecule has 19 heavy (non-hydrogen) atoms. The molecule has 0 saturated carbocycles. The normalized spacial score (nSPS) is 20.7. The van der Waals surface area contributed by atoms with Crippen molar-refractivity contribution in [1.82, 2.24) is 10.2 Å². The number of rotatable bonds is 6. The number of likely N-dealkylation sites (N-methyl/N-ethyl adjacent to an activating group) is 1. The van der Waals surface area contributed by atoms with Gasteiger partial charge in [-0.3, -0.25) is 4.90 Å². The third-order valence-corrected chi connectivity index (χ3v) is 4.09. The summed E-state index contributed by atoms with van der Waals surface area (Å²) in [6.07, 6.45) is 3.76. The quantitative estimate of drug-likeness (QED) is 0.853. The van der Waals surface area contributed by atoms with Crippen LogP contribution in [-0.4, -0.2) is 38.2 Å². The average molecular weight is 262 g/mol. The van der Waals surface area contributed by atoms with Crippen LogP contribution in [0.3, 0.4) is 0 Å². The van der Waals surface area contributed by atoms with Gasteiger partial charge in [-0.2, -0.15) is 0 Å². The fourth-order valence-corrected chi connectivity index (χ4v) is 3.02. The molecule has 0 amide bonds. The lowest BCUT2D eigenvalue weighted by atomic mass is 10.0. The van der Waals surface area contributed by atoms with Crippen molar-refractivity contribution in [3.8, 4) is 5.75 Å². The lowest BCUT2D eigenvalue weighted by Gasteiger charge is -2.30. The zero-order valence-electron chi connectivity index (χ0n) is 12.4. The molecule has 1 aromatic carbocycles. The van der Waals surface area contributed by atoms with Gasteiger partial charge in [0, 0.05) is 18.6 Å². The summed E-state index contributed by atoms with van der Waals surface area (Å²) in [4.78, 5) is 2.48. The summed E-state index contributed by atoms with van der Waals surface area (Å²) in [5.74, 6) is 0.929. The molecule has 1 aromatic rings. The largest absolute Gasteiger partial charge is 0.497 e. The fourth-order valence-electron chi connectivity index (χ4n) is 3.02. The van der Waals surface area contributed by atoms with Crippen molar-refractivity contribution in [3.63, 3.8) is 0 Å². The highest BCUT2D eigenvalue weighted by molar-refractivity contribution is 5.29. The summed E-state index contributed by atoms with van der Waals surface area (Å²) in [7, 11) is 3.95. The van der Waals surface area contributed by atoms with E-state index < -0.39 is 0 Å².